The number of hydrogen-bond donors (Lipinski definition) is 1. The molecule has 4 aromatic rings. The smallest absolute Gasteiger partial charge is 0.255 e. The van der Waals surface area contributed by atoms with Gasteiger partial charge < -0.3 is 19.2 Å². The summed E-state index contributed by atoms with van der Waals surface area (Å²) in [5, 5.41) is 3.59. The minimum atomic E-state index is -0.326. The molecule has 0 aliphatic rings. The highest BCUT2D eigenvalue weighted by Crippen LogP contribution is 2.33. The normalized spacial score (nSPS) is 10.7. The summed E-state index contributed by atoms with van der Waals surface area (Å²) in [7, 11) is 3.09. The SMILES string of the molecule is COc1ccc(-c2cc(=O)c3cc(NC(=O)c4cccc(Cl)c4)ccc3o2)cc1OC. The Kier molecular flexibility index (Phi) is 5.64. The Hall–Kier alpha value is -3.77. The average molecular weight is 436 g/mol. The van der Waals surface area contributed by atoms with Crippen LogP contribution in [-0.4, -0.2) is 20.1 Å². The standard InChI is InChI=1S/C24H18ClNO5/c1-29-21-8-6-14(11-23(21)30-2)22-13-19(27)18-12-17(7-9-20(18)31-22)26-24(28)15-4-3-5-16(25)10-15/h3-13H,1-2H3,(H,26,28). The molecule has 0 atom stereocenters. The zero-order chi connectivity index (χ0) is 22.0. The summed E-state index contributed by atoms with van der Waals surface area (Å²) in [5.74, 6) is 1.18. The number of halogens is 1. The van der Waals surface area contributed by atoms with Gasteiger partial charge in [-0.1, -0.05) is 17.7 Å². The minimum absolute atomic E-state index is 0.232. The lowest BCUT2D eigenvalue weighted by atomic mass is 10.1. The summed E-state index contributed by atoms with van der Waals surface area (Å²) in [6.07, 6.45) is 0. The number of fused-ring (bicyclic) bond motifs is 1. The van der Waals surface area contributed by atoms with Gasteiger partial charge in [0.1, 0.15) is 11.3 Å². The summed E-state index contributed by atoms with van der Waals surface area (Å²) >= 11 is 5.94. The van der Waals surface area contributed by atoms with E-state index in [0.29, 0.717) is 50.1 Å². The maximum Gasteiger partial charge on any atom is 0.255 e. The molecule has 1 heterocycles. The van der Waals surface area contributed by atoms with Gasteiger partial charge in [0.25, 0.3) is 5.91 Å². The maximum atomic E-state index is 12.8. The third-order valence-corrected chi connectivity index (χ3v) is 4.97. The molecule has 0 aliphatic carbocycles. The predicted octanol–water partition coefficient (Wildman–Crippen LogP) is 5.38. The van der Waals surface area contributed by atoms with Gasteiger partial charge in [-0.15, -0.1) is 0 Å². The van der Waals surface area contributed by atoms with Gasteiger partial charge in [0.15, 0.2) is 16.9 Å². The Bertz CT molecular complexity index is 1350. The third-order valence-electron chi connectivity index (χ3n) is 4.74. The zero-order valence-electron chi connectivity index (χ0n) is 16.8. The van der Waals surface area contributed by atoms with Crippen LogP contribution in [0.15, 0.2) is 75.9 Å². The van der Waals surface area contributed by atoms with Gasteiger partial charge in [-0.05, 0) is 54.6 Å². The molecule has 0 aliphatic heterocycles. The van der Waals surface area contributed by atoms with Crippen molar-refractivity contribution in [1.82, 2.24) is 0 Å². The van der Waals surface area contributed by atoms with Crippen LogP contribution in [0.2, 0.25) is 5.02 Å². The molecular weight excluding hydrogens is 418 g/mol. The molecule has 31 heavy (non-hydrogen) atoms. The Balaban J connectivity index is 1.67. The van der Waals surface area contributed by atoms with Gasteiger partial charge in [0.2, 0.25) is 0 Å². The highest BCUT2D eigenvalue weighted by molar-refractivity contribution is 6.31. The Morgan fingerprint density at radius 1 is 0.935 bits per heavy atom. The van der Waals surface area contributed by atoms with Crippen LogP contribution in [-0.2, 0) is 0 Å². The van der Waals surface area contributed by atoms with Crippen LogP contribution < -0.4 is 20.2 Å². The van der Waals surface area contributed by atoms with Crippen molar-refractivity contribution in [2.75, 3.05) is 19.5 Å². The fraction of sp³-hybridized carbons (Fsp3) is 0.0833. The van der Waals surface area contributed by atoms with E-state index in [1.54, 1.807) is 67.8 Å². The number of carbonyl (C=O) groups is 1. The van der Waals surface area contributed by atoms with E-state index >= 15 is 0 Å². The molecule has 6 nitrogen and oxygen atoms in total. The zero-order valence-corrected chi connectivity index (χ0v) is 17.5. The van der Waals surface area contributed by atoms with Gasteiger partial charge in [-0.3, -0.25) is 9.59 Å². The number of anilines is 1. The fourth-order valence-corrected chi connectivity index (χ4v) is 3.39. The Morgan fingerprint density at radius 2 is 1.74 bits per heavy atom. The second-order valence-corrected chi connectivity index (χ2v) is 7.16. The molecule has 0 radical (unpaired) electrons. The molecule has 1 aromatic heterocycles. The first-order chi connectivity index (χ1) is 15.0. The van der Waals surface area contributed by atoms with E-state index in [4.69, 9.17) is 25.5 Å². The molecule has 0 bridgehead atoms. The first kappa shape index (κ1) is 20.5. The summed E-state index contributed by atoms with van der Waals surface area (Å²) in [6.45, 7) is 0. The molecule has 1 N–H and O–H groups in total. The number of methoxy groups -OCH3 is 2. The maximum absolute atomic E-state index is 12.8. The van der Waals surface area contributed by atoms with E-state index in [2.05, 4.69) is 5.32 Å². The monoisotopic (exact) mass is 435 g/mol. The molecule has 0 fully saturated rings. The summed E-state index contributed by atoms with van der Waals surface area (Å²) < 4.78 is 16.5. The molecule has 0 unspecified atom stereocenters. The summed E-state index contributed by atoms with van der Waals surface area (Å²) in [4.78, 5) is 25.2. The highest BCUT2D eigenvalue weighted by atomic mass is 35.5. The van der Waals surface area contributed by atoms with Crippen LogP contribution in [0.5, 0.6) is 11.5 Å². The lowest BCUT2D eigenvalue weighted by Crippen LogP contribution is -2.12. The summed E-state index contributed by atoms with van der Waals surface area (Å²) in [5.41, 5.74) is 1.74. The van der Waals surface area contributed by atoms with Crippen molar-refractivity contribution >= 4 is 34.2 Å². The summed E-state index contributed by atoms with van der Waals surface area (Å²) in [6, 6.07) is 18.2. The largest absolute Gasteiger partial charge is 0.493 e. The van der Waals surface area contributed by atoms with Crippen LogP contribution in [0.3, 0.4) is 0 Å². The first-order valence-electron chi connectivity index (χ1n) is 9.36. The predicted molar refractivity (Wildman–Crippen MR) is 120 cm³/mol. The van der Waals surface area contributed by atoms with Crippen molar-refractivity contribution in [2.45, 2.75) is 0 Å². The average Bonchev–Trinajstić information content (AvgIpc) is 2.78. The fourth-order valence-electron chi connectivity index (χ4n) is 3.20. The second kappa shape index (κ2) is 8.53. The topological polar surface area (TPSA) is 77.8 Å². The molecule has 0 saturated carbocycles. The Morgan fingerprint density at radius 3 is 2.48 bits per heavy atom. The van der Waals surface area contributed by atoms with Crippen molar-refractivity contribution in [3.05, 3.63) is 87.5 Å². The van der Waals surface area contributed by atoms with Gasteiger partial charge in [0, 0.05) is 27.9 Å². The van der Waals surface area contributed by atoms with Gasteiger partial charge in [-0.25, -0.2) is 0 Å². The lowest BCUT2D eigenvalue weighted by Gasteiger charge is -2.10. The number of nitrogens with one attached hydrogen (secondary N) is 1. The number of amides is 1. The molecule has 0 saturated heterocycles. The second-order valence-electron chi connectivity index (χ2n) is 6.72. The van der Waals surface area contributed by atoms with E-state index in [9.17, 15) is 9.59 Å². The van der Waals surface area contributed by atoms with Crippen LogP contribution in [0, 0.1) is 0 Å². The van der Waals surface area contributed by atoms with Gasteiger partial charge >= 0.3 is 0 Å². The molecule has 0 spiro atoms. The van der Waals surface area contributed by atoms with Crippen molar-refractivity contribution in [2.24, 2.45) is 0 Å². The van der Waals surface area contributed by atoms with Crippen molar-refractivity contribution in [3.8, 4) is 22.8 Å². The van der Waals surface area contributed by atoms with Gasteiger partial charge in [-0.2, -0.15) is 0 Å². The van der Waals surface area contributed by atoms with E-state index in [-0.39, 0.29) is 11.3 Å². The lowest BCUT2D eigenvalue weighted by molar-refractivity contribution is 0.102. The Labute approximate surface area is 183 Å². The quantitative estimate of drug-likeness (QED) is 0.455. The number of benzene rings is 3. The number of carbonyl (C=O) groups excluding carboxylic acids is 1. The molecule has 156 valence electrons. The van der Waals surface area contributed by atoms with Crippen LogP contribution >= 0.6 is 11.6 Å². The highest BCUT2D eigenvalue weighted by Gasteiger charge is 2.12. The van der Waals surface area contributed by atoms with E-state index in [1.807, 2.05) is 0 Å². The van der Waals surface area contributed by atoms with Crippen molar-refractivity contribution in [1.29, 1.82) is 0 Å². The molecule has 1 amide bonds. The van der Waals surface area contributed by atoms with Crippen LogP contribution in [0.4, 0.5) is 5.69 Å². The van der Waals surface area contributed by atoms with Crippen molar-refractivity contribution < 1.29 is 18.7 Å². The molecule has 7 heteroatoms. The van der Waals surface area contributed by atoms with Crippen LogP contribution in [0.25, 0.3) is 22.3 Å². The van der Waals surface area contributed by atoms with E-state index in [0.717, 1.165) is 0 Å². The molecular formula is C24H18ClNO5. The van der Waals surface area contributed by atoms with E-state index < -0.39 is 0 Å². The molecule has 3 aromatic carbocycles. The van der Waals surface area contributed by atoms with Gasteiger partial charge in [0.05, 0.1) is 19.6 Å². The minimum Gasteiger partial charge on any atom is -0.493 e. The number of hydrogen-bond acceptors (Lipinski definition) is 5. The van der Waals surface area contributed by atoms with Crippen molar-refractivity contribution in [3.63, 3.8) is 0 Å². The van der Waals surface area contributed by atoms with E-state index in [1.165, 1.54) is 13.2 Å². The number of ether oxygens (including phenoxy) is 2. The first-order valence-corrected chi connectivity index (χ1v) is 9.73. The third kappa shape index (κ3) is 4.25. The van der Waals surface area contributed by atoms with Crippen LogP contribution in [0.1, 0.15) is 10.4 Å². The molecule has 4 rings (SSSR count). The number of rotatable bonds is 5.